The maximum absolute atomic E-state index is 13.3. The normalized spacial score (nSPS) is 20.0. The van der Waals surface area contributed by atoms with E-state index in [1.54, 1.807) is 0 Å². The van der Waals surface area contributed by atoms with Crippen molar-refractivity contribution < 1.29 is 4.79 Å². The molecule has 2 heterocycles. The molecule has 0 unspecified atom stereocenters. The summed E-state index contributed by atoms with van der Waals surface area (Å²) in [5.41, 5.74) is 3.26. The second-order valence-corrected chi connectivity index (χ2v) is 7.14. The molecule has 0 bridgehead atoms. The molecule has 4 heteroatoms. The quantitative estimate of drug-likeness (QED) is 0.834. The molecule has 23 heavy (non-hydrogen) atoms. The molecule has 2 aliphatic rings. The Morgan fingerprint density at radius 2 is 1.70 bits per heavy atom. The molecule has 1 aromatic rings. The van der Waals surface area contributed by atoms with E-state index in [0.29, 0.717) is 12.1 Å². The highest BCUT2D eigenvalue weighted by Crippen LogP contribution is 2.34. The van der Waals surface area contributed by atoms with Gasteiger partial charge in [-0.25, -0.2) is 0 Å². The third-order valence-electron chi connectivity index (χ3n) is 5.69. The lowest BCUT2D eigenvalue weighted by Gasteiger charge is -2.38. The topological polar surface area (TPSA) is 28.5 Å². The minimum absolute atomic E-state index is 0.273. The summed E-state index contributed by atoms with van der Waals surface area (Å²) in [5.74, 6) is 0.273. The third kappa shape index (κ3) is 3.18. The Bertz CT molecular complexity index is 565. The maximum atomic E-state index is 13.3. The molecule has 0 atom stereocenters. The van der Waals surface area contributed by atoms with Crippen molar-refractivity contribution in [3.05, 3.63) is 23.0 Å². The van der Waals surface area contributed by atoms with Gasteiger partial charge in [0.2, 0.25) is 0 Å². The van der Waals surface area contributed by atoms with Crippen LogP contribution in [0.4, 0.5) is 0 Å². The lowest BCUT2D eigenvalue weighted by Crippen LogP contribution is -2.48. The van der Waals surface area contributed by atoms with Crippen molar-refractivity contribution in [2.75, 3.05) is 19.6 Å². The van der Waals surface area contributed by atoms with Crippen LogP contribution in [0.25, 0.3) is 0 Å². The van der Waals surface area contributed by atoms with E-state index in [1.165, 1.54) is 18.5 Å². The lowest BCUT2D eigenvalue weighted by atomic mass is 10.0. The molecule has 1 saturated carbocycles. The largest absolute Gasteiger partial charge is 0.349 e. The standard InChI is InChI=1S/C19H31N3O/c1-5-20-11-9-17(10-12-20)22(16-7-8-16)19(23)18-13-14(3)21(6-2)15(18)4/h13,16-17H,5-12H2,1-4H3. The highest BCUT2D eigenvalue weighted by molar-refractivity contribution is 5.96. The zero-order chi connectivity index (χ0) is 16.6. The Hall–Kier alpha value is -1.29. The fourth-order valence-corrected chi connectivity index (χ4v) is 4.14. The fraction of sp³-hybridized carbons (Fsp3) is 0.737. The molecule has 128 valence electrons. The van der Waals surface area contributed by atoms with Gasteiger partial charge in [0.05, 0.1) is 5.56 Å². The first-order valence-electron chi connectivity index (χ1n) is 9.28. The Kier molecular flexibility index (Phi) is 4.81. The van der Waals surface area contributed by atoms with E-state index in [2.05, 4.69) is 48.1 Å². The average molecular weight is 317 g/mol. The van der Waals surface area contributed by atoms with Gasteiger partial charge in [-0.3, -0.25) is 4.79 Å². The van der Waals surface area contributed by atoms with Gasteiger partial charge in [0.15, 0.2) is 0 Å². The van der Waals surface area contributed by atoms with Gasteiger partial charge >= 0.3 is 0 Å². The number of piperidine rings is 1. The molecule has 0 aromatic carbocycles. The van der Waals surface area contributed by atoms with Gasteiger partial charge in [-0.2, -0.15) is 0 Å². The summed E-state index contributed by atoms with van der Waals surface area (Å²) in [6.45, 7) is 12.9. The molecular formula is C19H31N3O. The Labute approximate surface area is 140 Å². The lowest BCUT2D eigenvalue weighted by molar-refractivity contribution is 0.0553. The molecule has 0 spiro atoms. The van der Waals surface area contributed by atoms with Gasteiger partial charge in [-0.15, -0.1) is 0 Å². The van der Waals surface area contributed by atoms with Crippen LogP contribution in [-0.4, -0.2) is 52.0 Å². The van der Waals surface area contributed by atoms with Crippen LogP contribution < -0.4 is 0 Å². The molecule has 1 aliphatic heterocycles. The van der Waals surface area contributed by atoms with E-state index in [0.717, 1.165) is 50.3 Å². The van der Waals surface area contributed by atoms with Gasteiger partial charge in [0.25, 0.3) is 5.91 Å². The van der Waals surface area contributed by atoms with Crippen LogP contribution in [0.15, 0.2) is 6.07 Å². The predicted molar refractivity (Wildman–Crippen MR) is 93.9 cm³/mol. The van der Waals surface area contributed by atoms with E-state index < -0.39 is 0 Å². The molecule has 1 saturated heterocycles. The maximum Gasteiger partial charge on any atom is 0.256 e. The van der Waals surface area contributed by atoms with E-state index in [-0.39, 0.29) is 5.91 Å². The van der Waals surface area contributed by atoms with Gasteiger partial charge in [-0.05, 0) is 59.1 Å². The summed E-state index contributed by atoms with van der Waals surface area (Å²) in [5, 5.41) is 0. The summed E-state index contributed by atoms with van der Waals surface area (Å²) in [6, 6.07) is 3.02. The number of likely N-dealkylation sites (tertiary alicyclic amines) is 1. The monoisotopic (exact) mass is 317 g/mol. The molecule has 4 nitrogen and oxygen atoms in total. The van der Waals surface area contributed by atoms with Crippen molar-refractivity contribution in [2.45, 2.75) is 72.0 Å². The average Bonchev–Trinajstić information content (AvgIpc) is 3.34. The Balaban J connectivity index is 1.80. The Morgan fingerprint density at radius 1 is 1.09 bits per heavy atom. The van der Waals surface area contributed by atoms with Crippen LogP contribution >= 0.6 is 0 Å². The number of nitrogens with zero attached hydrogens (tertiary/aromatic N) is 3. The number of hydrogen-bond acceptors (Lipinski definition) is 2. The second kappa shape index (κ2) is 6.68. The van der Waals surface area contributed by atoms with E-state index in [9.17, 15) is 4.79 Å². The first kappa shape index (κ1) is 16.6. The summed E-state index contributed by atoms with van der Waals surface area (Å²) in [6.07, 6.45) is 4.63. The number of hydrogen-bond donors (Lipinski definition) is 0. The third-order valence-corrected chi connectivity index (χ3v) is 5.69. The number of amides is 1. The van der Waals surface area contributed by atoms with Crippen LogP contribution in [-0.2, 0) is 6.54 Å². The summed E-state index contributed by atoms with van der Waals surface area (Å²) in [7, 11) is 0. The van der Waals surface area contributed by atoms with Crippen LogP contribution in [0.1, 0.15) is 61.3 Å². The number of carbonyl (C=O) groups is 1. The van der Waals surface area contributed by atoms with Crippen molar-refractivity contribution >= 4 is 5.91 Å². The van der Waals surface area contributed by atoms with E-state index in [4.69, 9.17) is 0 Å². The SMILES string of the molecule is CCN1CCC(N(C(=O)c2cc(C)n(CC)c2C)C2CC2)CC1. The minimum Gasteiger partial charge on any atom is -0.349 e. The van der Waals surface area contributed by atoms with Crippen molar-refractivity contribution in [2.24, 2.45) is 0 Å². The molecule has 1 aromatic heterocycles. The molecular weight excluding hydrogens is 286 g/mol. The van der Waals surface area contributed by atoms with Crippen molar-refractivity contribution in [1.82, 2.24) is 14.4 Å². The molecule has 1 aliphatic carbocycles. The minimum atomic E-state index is 0.273. The van der Waals surface area contributed by atoms with Gasteiger partial charge in [-0.1, -0.05) is 6.92 Å². The van der Waals surface area contributed by atoms with Crippen LogP contribution in [0.2, 0.25) is 0 Å². The number of aromatic nitrogens is 1. The van der Waals surface area contributed by atoms with Gasteiger partial charge in [0.1, 0.15) is 0 Å². The molecule has 0 radical (unpaired) electrons. The number of carbonyl (C=O) groups excluding carboxylic acids is 1. The van der Waals surface area contributed by atoms with Crippen molar-refractivity contribution in [3.63, 3.8) is 0 Å². The summed E-state index contributed by atoms with van der Waals surface area (Å²) < 4.78 is 2.25. The smallest absolute Gasteiger partial charge is 0.256 e. The fourth-order valence-electron chi connectivity index (χ4n) is 4.14. The Morgan fingerprint density at radius 3 is 2.17 bits per heavy atom. The number of rotatable bonds is 5. The van der Waals surface area contributed by atoms with E-state index in [1.807, 2.05) is 0 Å². The molecule has 0 N–H and O–H groups in total. The van der Waals surface area contributed by atoms with Crippen molar-refractivity contribution in [3.8, 4) is 0 Å². The summed E-state index contributed by atoms with van der Waals surface area (Å²) >= 11 is 0. The molecule has 2 fully saturated rings. The van der Waals surface area contributed by atoms with Crippen LogP contribution in [0.5, 0.6) is 0 Å². The predicted octanol–water partition coefficient (Wildman–Crippen LogP) is 3.21. The number of aryl methyl sites for hydroxylation is 1. The van der Waals surface area contributed by atoms with Gasteiger partial charge < -0.3 is 14.4 Å². The molecule has 1 amide bonds. The highest BCUT2D eigenvalue weighted by Gasteiger charge is 2.39. The van der Waals surface area contributed by atoms with Crippen molar-refractivity contribution in [1.29, 1.82) is 0 Å². The van der Waals surface area contributed by atoms with Crippen LogP contribution in [0.3, 0.4) is 0 Å². The first-order chi connectivity index (χ1) is 11.1. The van der Waals surface area contributed by atoms with Crippen LogP contribution in [0, 0.1) is 13.8 Å². The zero-order valence-corrected chi connectivity index (χ0v) is 15.1. The highest BCUT2D eigenvalue weighted by atomic mass is 16.2. The zero-order valence-electron chi connectivity index (χ0n) is 15.1. The summed E-state index contributed by atoms with van der Waals surface area (Å²) in [4.78, 5) is 18.0. The second-order valence-electron chi connectivity index (χ2n) is 7.14. The van der Waals surface area contributed by atoms with Gasteiger partial charge in [0, 0.05) is 43.1 Å². The first-order valence-corrected chi connectivity index (χ1v) is 9.28. The molecule has 3 rings (SSSR count). The van der Waals surface area contributed by atoms with E-state index >= 15 is 0 Å².